The van der Waals surface area contributed by atoms with Crippen LogP contribution in [-0.4, -0.2) is 64.5 Å². The highest BCUT2D eigenvalue weighted by molar-refractivity contribution is 7.89. The Morgan fingerprint density at radius 3 is 2.29 bits per heavy atom. The van der Waals surface area contributed by atoms with Gasteiger partial charge in [-0.25, -0.2) is 13.1 Å². The SMILES string of the molecule is Cc1nn(CN2CCN(S(=O)(=O)c3ccc(OC(F)(F)F)cc3)CC2)c(=S)n1C1CC1. The third-order valence-electron chi connectivity index (χ3n) is 5.31. The van der Waals surface area contributed by atoms with E-state index >= 15 is 0 Å². The molecule has 8 nitrogen and oxygen atoms in total. The van der Waals surface area contributed by atoms with Crippen molar-refractivity contribution in [2.75, 3.05) is 26.2 Å². The van der Waals surface area contributed by atoms with Gasteiger partial charge in [0, 0.05) is 32.2 Å². The molecule has 1 aromatic carbocycles. The lowest BCUT2D eigenvalue weighted by Gasteiger charge is -2.33. The van der Waals surface area contributed by atoms with Crippen LogP contribution >= 0.6 is 12.2 Å². The molecule has 2 fully saturated rings. The van der Waals surface area contributed by atoms with Crippen LogP contribution in [0.2, 0.25) is 0 Å². The molecule has 1 saturated carbocycles. The van der Waals surface area contributed by atoms with E-state index in [1.165, 1.54) is 4.31 Å². The lowest BCUT2D eigenvalue weighted by atomic mass is 10.3. The maximum atomic E-state index is 12.8. The number of hydrogen-bond donors (Lipinski definition) is 0. The predicted octanol–water partition coefficient (Wildman–Crippen LogP) is 2.92. The van der Waals surface area contributed by atoms with Crippen LogP contribution in [0, 0.1) is 11.7 Å². The van der Waals surface area contributed by atoms with Crippen molar-refractivity contribution in [2.45, 2.75) is 43.7 Å². The van der Waals surface area contributed by atoms with Crippen LogP contribution in [0.15, 0.2) is 29.2 Å². The van der Waals surface area contributed by atoms with E-state index in [-0.39, 0.29) is 18.0 Å². The van der Waals surface area contributed by atoms with Crippen molar-refractivity contribution < 1.29 is 26.3 Å². The number of aryl methyl sites for hydroxylation is 1. The Balaban J connectivity index is 1.38. The maximum absolute atomic E-state index is 12.8. The molecule has 13 heteroatoms. The lowest BCUT2D eigenvalue weighted by molar-refractivity contribution is -0.274. The second-order valence-corrected chi connectivity index (χ2v) is 9.92. The Morgan fingerprint density at radius 1 is 1.13 bits per heavy atom. The number of hydrogen-bond acceptors (Lipinski definition) is 6. The van der Waals surface area contributed by atoms with Gasteiger partial charge in [-0.15, -0.1) is 13.2 Å². The van der Waals surface area contributed by atoms with Crippen molar-refractivity contribution in [3.63, 3.8) is 0 Å². The zero-order chi connectivity index (χ0) is 22.4. The van der Waals surface area contributed by atoms with Crippen LogP contribution in [0.1, 0.15) is 24.7 Å². The van der Waals surface area contributed by atoms with Gasteiger partial charge in [-0.3, -0.25) is 4.90 Å². The number of alkyl halides is 3. The number of halogens is 3. The molecule has 0 N–H and O–H groups in total. The van der Waals surface area contributed by atoms with Crippen molar-refractivity contribution in [2.24, 2.45) is 0 Å². The molecule has 2 aliphatic rings. The fourth-order valence-corrected chi connectivity index (χ4v) is 5.44. The summed E-state index contributed by atoms with van der Waals surface area (Å²) in [6.45, 7) is 3.92. The molecule has 0 radical (unpaired) electrons. The Morgan fingerprint density at radius 2 is 1.74 bits per heavy atom. The summed E-state index contributed by atoms with van der Waals surface area (Å²) in [7, 11) is -3.81. The molecule has 0 spiro atoms. The summed E-state index contributed by atoms with van der Waals surface area (Å²) in [4.78, 5) is 2.00. The van der Waals surface area contributed by atoms with E-state index in [2.05, 4.69) is 19.3 Å². The quantitative estimate of drug-likeness (QED) is 0.596. The van der Waals surface area contributed by atoms with Gasteiger partial charge in [0.15, 0.2) is 4.77 Å². The summed E-state index contributed by atoms with van der Waals surface area (Å²) in [5, 5.41) is 4.52. The molecule has 0 atom stereocenters. The molecule has 0 bridgehead atoms. The van der Waals surface area contributed by atoms with Gasteiger partial charge >= 0.3 is 6.36 Å². The Hall–Kier alpha value is -1.96. The summed E-state index contributed by atoms with van der Waals surface area (Å²) in [6, 6.07) is 4.68. The summed E-state index contributed by atoms with van der Waals surface area (Å²) in [5.74, 6) is 0.417. The molecule has 1 saturated heterocycles. The summed E-state index contributed by atoms with van der Waals surface area (Å²) >= 11 is 5.54. The maximum Gasteiger partial charge on any atom is 0.573 e. The molecule has 2 aromatic rings. The minimum atomic E-state index is -4.83. The molecule has 4 rings (SSSR count). The zero-order valence-electron chi connectivity index (χ0n) is 16.7. The molecular formula is C18H22F3N5O3S2. The summed E-state index contributed by atoms with van der Waals surface area (Å²) in [5.41, 5.74) is 0. The fraction of sp³-hybridized carbons (Fsp3) is 0.556. The smallest absolute Gasteiger partial charge is 0.406 e. The van der Waals surface area contributed by atoms with Crippen molar-refractivity contribution in [1.29, 1.82) is 0 Å². The molecule has 31 heavy (non-hydrogen) atoms. The number of sulfonamides is 1. The van der Waals surface area contributed by atoms with Gasteiger partial charge < -0.3 is 9.30 Å². The van der Waals surface area contributed by atoms with Crippen molar-refractivity contribution in [1.82, 2.24) is 23.6 Å². The third kappa shape index (κ3) is 4.94. The zero-order valence-corrected chi connectivity index (χ0v) is 18.4. The first-order valence-electron chi connectivity index (χ1n) is 9.79. The van der Waals surface area contributed by atoms with Crippen LogP contribution in [0.4, 0.5) is 13.2 Å². The van der Waals surface area contributed by atoms with Crippen molar-refractivity contribution in [3.05, 3.63) is 34.9 Å². The average molecular weight is 478 g/mol. The third-order valence-corrected chi connectivity index (χ3v) is 7.63. The minimum Gasteiger partial charge on any atom is -0.406 e. The fourth-order valence-electron chi connectivity index (χ4n) is 3.64. The number of ether oxygens (including phenoxy) is 1. The highest BCUT2D eigenvalue weighted by atomic mass is 32.2. The molecule has 170 valence electrons. The van der Waals surface area contributed by atoms with Gasteiger partial charge in [0.05, 0.1) is 11.6 Å². The van der Waals surface area contributed by atoms with Crippen LogP contribution in [-0.2, 0) is 16.7 Å². The van der Waals surface area contributed by atoms with Gasteiger partial charge in [-0.2, -0.15) is 9.40 Å². The number of benzene rings is 1. The van der Waals surface area contributed by atoms with E-state index in [9.17, 15) is 21.6 Å². The van der Waals surface area contributed by atoms with Crippen LogP contribution in [0.5, 0.6) is 5.75 Å². The number of nitrogens with zero attached hydrogens (tertiary/aromatic N) is 5. The van der Waals surface area contributed by atoms with Crippen LogP contribution in [0.25, 0.3) is 0 Å². The largest absolute Gasteiger partial charge is 0.573 e. The number of rotatable bonds is 6. The predicted molar refractivity (Wildman–Crippen MR) is 108 cm³/mol. The first-order valence-corrected chi connectivity index (χ1v) is 11.6. The van der Waals surface area contributed by atoms with Crippen molar-refractivity contribution in [3.8, 4) is 5.75 Å². The molecule has 0 amide bonds. The summed E-state index contributed by atoms with van der Waals surface area (Å²) in [6.07, 6.45) is -2.60. The van der Waals surface area contributed by atoms with E-state index in [0.29, 0.717) is 30.6 Å². The normalized spacial score (nSPS) is 19.0. The van der Waals surface area contributed by atoms with Gasteiger partial charge in [0.25, 0.3) is 0 Å². The van der Waals surface area contributed by atoms with E-state index in [1.54, 1.807) is 4.68 Å². The van der Waals surface area contributed by atoms with Gasteiger partial charge in [0.1, 0.15) is 11.6 Å². The Kier molecular flexibility index (Phi) is 5.87. The average Bonchev–Trinajstić information content (AvgIpc) is 3.48. The molecule has 0 unspecified atom stereocenters. The number of aromatic nitrogens is 3. The first kappa shape index (κ1) is 22.2. The molecule has 1 aliphatic carbocycles. The summed E-state index contributed by atoms with van der Waals surface area (Å²) < 4.78 is 72.2. The number of piperazine rings is 1. The second-order valence-electron chi connectivity index (χ2n) is 7.61. The minimum absolute atomic E-state index is 0.0727. The van der Waals surface area contributed by atoms with Gasteiger partial charge in [0.2, 0.25) is 10.0 Å². The highest BCUT2D eigenvalue weighted by Crippen LogP contribution is 2.36. The topological polar surface area (TPSA) is 72.6 Å². The van der Waals surface area contributed by atoms with Crippen LogP contribution in [0.3, 0.4) is 0 Å². The van der Waals surface area contributed by atoms with E-state index in [4.69, 9.17) is 12.2 Å². The standard InChI is InChI=1S/C18H22F3N5O3S2/c1-13-22-25(17(30)26(13)14-2-3-14)12-23-8-10-24(11-9-23)31(27,28)16-6-4-15(5-7-16)29-18(19,20)21/h4-7,14H,2-3,8-12H2,1H3. The molecular weight excluding hydrogens is 455 g/mol. The van der Waals surface area contributed by atoms with E-state index in [1.807, 2.05) is 6.92 Å². The van der Waals surface area contributed by atoms with Crippen LogP contribution < -0.4 is 4.74 Å². The van der Waals surface area contributed by atoms with E-state index < -0.39 is 22.1 Å². The van der Waals surface area contributed by atoms with Crippen molar-refractivity contribution >= 4 is 22.2 Å². The lowest BCUT2D eigenvalue weighted by Crippen LogP contribution is -2.48. The Labute approximate surface area is 182 Å². The molecule has 1 aromatic heterocycles. The monoisotopic (exact) mass is 477 g/mol. The second kappa shape index (κ2) is 8.19. The molecule has 2 heterocycles. The van der Waals surface area contributed by atoms with Gasteiger partial charge in [-0.1, -0.05) is 0 Å². The highest BCUT2D eigenvalue weighted by Gasteiger charge is 2.32. The first-order chi connectivity index (χ1) is 14.5. The van der Waals surface area contributed by atoms with E-state index in [0.717, 1.165) is 42.9 Å². The Bertz CT molecular complexity index is 1100. The molecule has 1 aliphatic heterocycles. The van der Waals surface area contributed by atoms with Gasteiger partial charge in [-0.05, 0) is 56.2 Å².